The molecule has 1 unspecified atom stereocenters. The van der Waals surface area contributed by atoms with Crippen LogP contribution in [0.1, 0.15) is 18.1 Å². The summed E-state index contributed by atoms with van der Waals surface area (Å²) < 4.78 is 10.5. The first-order valence-electron chi connectivity index (χ1n) is 8.46. The number of carbonyl (C=O) groups excluding carboxylic acids is 1. The van der Waals surface area contributed by atoms with Crippen LogP contribution in [-0.4, -0.2) is 37.6 Å². The van der Waals surface area contributed by atoms with E-state index in [9.17, 15) is 4.79 Å². The zero-order valence-electron chi connectivity index (χ0n) is 14.9. The van der Waals surface area contributed by atoms with E-state index in [0.29, 0.717) is 17.2 Å². The van der Waals surface area contributed by atoms with Crippen molar-refractivity contribution >= 4 is 11.6 Å². The SMILES string of the molecule is COc1ccc(NC(=O)C(C)N2CCc3ccccc3C2)c(OC)c1. The fourth-order valence-electron chi connectivity index (χ4n) is 3.15. The highest BCUT2D eigenvalue weighted by Gasteiger charge is 2.25. The molecule has 25 heavy (non-hydrogen) atoms. The number of methoxy groups -OCH3 is 2. The van der Waals surface area contributed by atoms with Gasteiger partial charge in [0.05, 0.1) is 25.9 Å². The number of benzene rings is 2. The van der Waals surface area contributed by atoms with Crippen molar-refractivity contribution < 1.29 is 14.3 Å². The number of nitrogens with one attached hydrogen (secondary N) is 1. The van der Waals surface area contributed by atoms with E-state index in [1.54, 1.807) is 32.4 Å². The van der Waals surface area contributed by atoms with Crippen molar-refractivity contribution in [1.82, 2.24) is 4.90 Å². The molecule has 1 atom stereocenters. The third-order valence-electron chi connectivity index (χ3n) is 4.75. The number of ether oxygens (including phenoxy) is 2. The van der Waals surface area contributed by atoms with Crippen LogP contribution in [0.15, 0.2) is 42.5 Å². The van der Waals surface area contributed by atoms with Gasteiger partial charge in [0, 0.05) is 19.2 Å². The molecule has 5 nitrogen and oxygen atoms in total. The summed E-state index contributed by atoms with van der Waals surface area (Å²) in [5.41, 5.74) is 3.33. The van der Waals surface area contributed by atoms with E-state index in [1.165, 1.54) is 11.1 Å². The van der Waals surface area contributed by atoms with Gasteiger partial charge in [-0.1, -0.05) is 24.3 Å². The monoisotopic (exact) mass is 340 g/mol. The quantitative estimate of drug-likeness (QED) is 0.909. The molecule has 3 rings (SSSR count). The molecule has 0 fully saturated rings. The number of rotatable bonds is 5. The zero-order chi connectivity index (χ0) is 17.8. The molecule has 0 spiro atoms. The number of amides is 1. The minimum absolute atomic E-state index is 0.0390. The van der Waals surface area contributed by atoms with Gasteiger partial charge in [-0.3, -0.25) is 9.69 Å². The largest absolute Gasteiger partial charge is 0.497 e. The van der Waals surface area contributed by atoms with Gasteiger partial charge in [-0.2, -0.15) is 0 Å². The Hall–Kier alpha value is -2.53. The van der Waals surface area contributed by atoms with Crippen LogP contribution < -0.4 is 14.8 Å². The van der Waals surface area contributed by atoms with E-state index in [-0.39, 0.29) is 11.9 Å². The van der Waals surface area contributed by atoms with Gasteiger partial charge in [-0.15, -0.1) is 0 Å². The lowest BCUT2D eigenvalue weighted by atomic mass is 9.99. The summed E-state index contributed by atoms with van der Waals surface area (Å²) in [7, 11) is 3.18. The summed E-state index contributed by atoms with van der Waals surface area (Å²) in [6, 6.07) is 13.6. The van der Waals surface area contributed by atoms with Crippen LogP contribution in [-0.2, 0) is 17.8 Å². The maximum absolute atomic E-state index is 12.7. The third kappa shape index (κ3) is 3.77. The van der Waals surface area contributed by atoms with Gasteiger partial charge in [-0.25, -0.2) is 0 Å². The highest BCUT2D eigenvalue weighted by atomic mass is 16.5. The van der Waals surface area contributed by atoms with Gasteiger partial charge in [0.15, 0.2) is 0 Å². The van der Waals surface area contributed by atoms with E-state index in [0.717, 1.165) is 19.5 Å². The summed E-state index contributed by atoms with van der Waals surface area (Å²) in [5.74, 6) is 1.24. The molecule has 1 aliphatic heterocycles. The second kappa shape index (κ2) is 7.57. The normalized spacial score (nSPS) is 15.2. The van der Waals surface area contributed by atoms with Crippen molar-refractivity contribution in [2.75, 3.05) is 26.1 Å². The number of hydrogen-bond donors (Lipinski definition) is 1. The minimum Gasteiger partial charge on any atom is -0.497 e. The van der Waals surface area contributed by atoms with Gasteiger partial charge < -0.3 is 14.8 Å². The van der Waals surface area contributed by atoms with E-state index in [2.05, 4.69) is 34.5 Å². The molecule has 5 heteroatoms. The molecule has 0 radical (unpaired) electrons. The molecular weight excluding hydrogens is 316 g/mol. The Labute approximate surface area is 148 Å². The first-order valence-corrected chi connectivity index (χ1v) is 8.46. The predicted octanol–water partition coefficient (Wildman–Crippen LogP) is 3.09. The van der Waals surface area contributed by atoms with Crippen LogP contribution in [0.25, 0.3) is 0 Å². The molecule has 0 aliphatic carbocycles. The second-order valence-corrected chi connectivity index (χ2v) is 6.22. The molecule has 1 heterocycles. The third-order valence-corrected chi connectivity index (χ3v) is 4.75. The van der Waals surface area contributed by atoms with E-state index >= 15 is 0 Å². The molecule has 132 valence electrons. The van der Waals surface area contributed by atoms with Crippen LogP contribution in [0.5, 0.6) is 11.5 Å². The lowest BCUT2D eigenvalue weighted by molar-refractivity contribution is -0.121. The molecule has 0 bridgehead atoms. The average Bonchev–Trinajstić information content (AvgIpc) is 2.67. The van der Waals surface area contributed by atoms with E-state index < -0.39 is 0 Å². The smallest absolute Gasteiger partial charge is 0.241 e. The van der Waals surface area contributed by atoms with Crippen molar-refractivity contribution in [2.24, 2.45) is 0 Å². The molecule has 1 amide bonds. The Morgan fingerprint density at radius 3 is 2.60 bits per heavy atom. The summed E-state index contributed by atoms with van der Waals surface area (Å²) in [5, 5.41) is 2.97. The molecule has 0 aromatic heterocycles. The number of fused-ring (bicyclic) bond motifs is 1. The molecule has 1 aliphatic rings. The molecular formula is C20H24N2O3. The Morgan fingerprint density at radius 2 is 1.88 bits per heavy atom. The van der Waals surface area contributed by atoms with Crippen LogP contribution in [0, 0.1) is 0 Å². The molecule has 0 saturated carbocycles. The lowest BCUT2D eigenvalue weighted by Gasteiger charge is -2.33. The first-order chi connectivity index (χ1) is 12.1. The molecule has 0 saturated heterocycles. The van der Waals surface area contributed by atoms with Crippen LogP contribution in [0.2, 0.25) is 0 Å². The molecule has 2 aromatic carbocycles. The summed E-state index contributed by atoms with van der Waals surface area (Å²) in [4.78, 5) is 14.9. The van der Waals surface area contributed by atoms with Gasteiger partial charge in [0.2, 0.25) is 5.91 Å². The predicted molar refractivity (Wildman–Crippen MR) is 98.2 cm³/mol. The Kier molecular flexibility index (Phi) is 5.24. The Balaban J connectivity index is 1.69. The van der Waals surface area contributed by atoms with Crippen molar-refractivity contribution in [1.29, 1.82) is 0 Å². The average molecular weight is 340 g/mol. The van der Waals surface area contributed by atoms with E-state index in [4.69, 9.17) is 9.47 Å². The van der Waals surface area contributed by atoms with Crippen molar-refractivity contribution in [3.63, 3.8) is 0 Å². The number of hydrogen-bond acceptors (Lipinski definition) is 4. The fourth-order valence-corrected chi connectivity index (χ4v) is 3.15. The van der Waals surface area contributed by atoms with Gasteiger partial charge >= 0.3 is 0 Å². The van der Waals surface area contributed by atoms with Gasteiger partial charge in [0.1, 0.15) is 11.5 Å². The van der Waals surface area contributed by atoms with Crippen LogP contribution >= 0.6 is 0 Å². The highest BCUT2D eigenvalue weighted by Crippen LogP contribution is 2.29. The topological polar surface area (TPSA) is 50.8 Å². The van der Waals surface area contributed by atoms with Crippen molar-refractivity contribution in [3.05, 3.63) is 53.6 Å². The van der Waals surface area contributed by atoms with Crippen LogP contribution in [0.4, 0.5) is 5.69 Å². The Bertz CT molecular complexity index is 760. The highest BCUT2D eigenvalue weighted by molar-refractivity contribution is 5.96. The summed E-state index contributed by atoms with van der Waals surface area (Å²) >= 11 is 0. The second-order valence-electron chi connectivity index (χ2n) is 6.22. The van der Waals surface area contributed by atoms with Crippen LogP contribution in [0.3, 0.4) is 0 Å². The number of nitrogens with zero attached hydrogens (tertiary/aromatic N) is 1. The maximum Gasteiger partial charge on any atom is 0.241 e. The van der Waals surface area contributed by atoms with Crippen molar-refractivity contribution in [3.8, 4) is 11.5 Å². The van der Waals surface area contributed by atoms with Gasteiger partial charge in [0.25, 0.3) is 0 Å². The summed E-state index contributed by atoms with van der Waals surface area (Å²) in [6.07, 6.45) is 0.972. The molecule has 1 N–H and O–H groups in total. The first kappa shape index (κ1) is 17.3. The van der Waals surface area contributed by atoms with Crippen molar-refractivity contribution in [2.45, 2.75) is 25.9 Å². The van der Waals surface area contributed by atoms with E-state index in [1.807, 2.05) is 6.92 Å². The molecule has 2 aromatic rings. The minimum atomic E-state index is -0.222. The summed E-state index contributed by atoms with van der Waals surface area (Å²) in [6.45, 7) is 3.62. The maximum atomic E-state index is 12.7. The van der Waals surface area contributed by atoms with Gasteiger partial charge in [-0.05, 0) is 36.6 Å². The zero-order valence-corrected chi connectivity index (χ0v) is 14.9. The standard InChI is InChI=1S/C20H24N2O3/c1-14(22-11-10-15-6-4-5-7-16(15)13-22)20(23)21-18-9-8-17(24-2)12-19(18)25-3/h4-9,12,14H,10-11,13H2,1-3H3,(H,21,23). The number of carbonyl (C=O) groups is 1. The number of anilines is 1. The fraction of sp³-hybridized carbons (Fsp3) is 0.350. The Morgan fingerprint density at radius 1 is 1.12 bits per heavy atom. The lowest BCUT2D eigenvalue weighted by Crippen LogP contribution is -2.44.